The van der Waals surface area contributed by atoms with E-state index < -0.39 is 12.1 Å². The Bertz CT molecular complexity index is 1360. The Labute approximate surface area is 252 Å². The fourth-order valence-electron chi connectivity index (χ4n) is 4.79. The van der Waals surface area contributed by atoms with E-state index >= 15 is 0 Å². The molecule has 0 bridgehead atoms. The van der Waals surface area contributed by atoms with Crippen LogP contribution in [0.3, 0.4) is 0 Å². The van der Waals surface area contributed by atoms with Crippen molar-refractivity contribution in [3.8, 4) is 39.8 Å². The molecule has 1 unspecified atom stereocenters. The quantitative estimate of drug-likeness (QED) is 0.121. The molecular formula is C35H39F3N2O3. The largest absolute Gasteiger partial charge is 0.497 e. The summed E-state index contributed by atoms with van der Waals surface area (Å²) in [6.07, 6.45) is 6.36. The fraction of sp³-hybridized carbons (Fsp3) is 0.371. The lowest BCUT2D eigenvalue weighted by atomic mass is 9.95. The predicted molar refractivity (Wildman–Crippen MR) is 164 cm³/mol. The summed E-state index contributed by atoms with van der Waals surface area (Å²) < 4.78 is 57.7. The number of hydrogen-bond acceptors (Lipinski definition) is 5. The Morgan fingerprint density at radius 1 is 0.628 bits per heavy atom. The molecule has 0 radical (unpaired) electrons. The van der Waals surface area contributed by atoms with Gasteiger partial charge >= 0.3 is 6.18 Å². The highest BCUT2D eigenvalue weighted by atomic mass is 19.4. The summed E-state index contributed by atoms with van der Waals surface area (Å²) in [7, 11) is 1.48. The molecule has 0 saturated heterocycles. The van der Waals surface area contributed by atoms with Gasteiger partial charge in [-0.3, -0.25) is 0 Å². The molecule has 8 heteroatoms. The van der Waals surface area contributed by atoms with Crippen LogP contribution in [0.1, 0.15) is 63.4 Å². The molecule has 0 aliphatic carbocycles. The van der Waals surface area contributed by atoms with Crippen LogP contribution in [0.5, 0.6) is 17.2 Å². The molecule has 228 valence electrons. The van der Waals surface area contributed by atoms with Crippen LogP contribution in [0, 0.1) is 0 Å². The molecule has 43 heavy (non-hydrogen) atoms. The van der Waals surface area contributed by atoms with Crippen LogP contribution in [0.4, 0.5) is 13.2 Å². The van der Waals surface area contributed by atoms with E-state index in [0.717, 1.165) is 35.5 Å². The van der Waals surface area contributed by atoms with Crippen molar-refractivity contribution in [1.29, 1.82) is 0 Å². The van der Waals surface area contributed by atoms with Crippen molar-refractivity contribution >= 4 is 0 Å². The fourth-order valence-corrected chi connectivity index (χ4v) is 4.79. The molecule has 0 spiro atoms. The van der Waals surface area contributed by atoms with Crippen molar-refractivity contribution in [3.05, 3.63) is 90.8 Å². The summed E-state index contributed by atoms with van der Waals surface area (Å²) in [5.41, 5.74) is 2.85. The maximum absolute atomic E-state index is 13.7. The van der Waals surface area contributed by atoms with Crippen molar-refractivity contribution in [2.75, 3.05) is 20.3 Å². The summed E-state index contributed by atoms with van der Waals surface area (Å²) in [4.78, 5) is 9.02. The Morgan fingerprint density at radius 3 is 1.74 bits per heavy atom. The number of benzene rings is 3. The molecule has 0 fully saturated rings. The van der Waals surface area contributed by atoms with Crippen molar-refractivity contribution < 1.29 is 27.4 Å². The molecule has 3 aromatic carbocycles. The molecule has 0 saturated carbocycles. The highest BCUT2D eigenvalue weighted by Gasteiger charge is 2.40. The second-order valence-electron chi connectivity index (χ2n) is 10.5. The normalized spacial score (nSPS) is 12.1. The molecule has 0 N–H and O–H groups in total. The molecule has 1 heterocycles. The van der Waals surface area contributed by atoms with E-state index in [1.54, 1.807) is 36.7 Å². The third kappa shape index (κ3) is 9.73. The minimum Gasteiger partial charge on any atom is -0.497 e. The maximum atomic E-state index is 13.7. The first-order chi connectivity index (χ1) is 20.9. The van der Waals surface area contributed by atoms with E-state index in [1.165, 1.54) is 63.5 Å². The van der Waals surface area contributed by atoms with Gasteiger partial charge in [0, 0.05) is 23.5 Å². The van der Waals surface area contributed by atoms with Crippen molar-refractivity contribution in [2.24, 2.45) is 0 Å². The number of rotatable bonds is 16. The first-order valence-electron chi connectivity index (χ1n) is 14.9. The monoisotopic (exact) mass is 592 g/mol. The number of methoxy groups -OCH3 is 1. The Kier molecular flexibility index (Phi) is 11.8. The van der Waals surface area contributed by atoms with Gasteiger partial charge in [-0.1, -0.05) is 63.3 Å². The molecule has 1 atom stereocenters. The molecule has 4 rings (SSSR count). The van der Waals surface area contributed by atoms with Gasteiger partial charge in [0.05, 0.1) is 26.2 Å². The van der Waals surface area contributed by atoms with Gasteiger partial charge in [0.2, 0.25) is 0 Å². The van der Waals surface area contributed by atoms with Gasteiger partial charge in [0.25, 0.3) is 0 Å². The van der Waals surface area contributed by atoms with E-state index in [0.29, 0.717) is 17.3 Å². The lowest BCUT2D eigenvalue weighted by molar-refractivity contribution is -0.153. The van der Waals surface area contributed by atoms with Crippen LogP contribution in [0.2, 0.25) is 0 Å². The second kappa shape index (κ2) is 16.0. The lowest BCUT2D eigenvalue weighted by Crippen LogP contribution is -2.23. The Morgan fingerprint density at radius 2 is 1.16 bits per heavy atom. The SMILES string of the molecule is CCCCCCCCOc1ccc(-c2cnc(-c3ccc(OCCC(c4ccc(OC)cc4)C(F)(F)F)cc3)nc2)cc1. The van der Waals surface area contributed by atoms with Crippen molar-refractivity contribution in [3.63, 3.8) is 0 Å². The highest BCUT2D eigenvalue weighted by molar-refractivity contribution is 5.64. The van der Waals surface area contributed by atoms with Crippen LogP contribution in [0.15, 0.2) is 85.2 Å². The Balaban J connectivity index is 1.26. The van der Waals surface area contributed by atoms with Crippen LogP contribution >= 0.6 is 0 Å². The number of hydrogen-bond donors (Lipinski definition) is 0. The van der Waals surface area contributed by atoms with Gasteiger partial charge in [-0.25, -0.2) is 9.97 Å². The molecule has 0 aliphatic heterocycles. The molecule has 1 aromatic heterocycles. The number of aromatic nitrogens is 2. The summed E-state index contributed by atoms with van der Waals surface area (Å²) in [5, 5.41) is 0. The van der Waals surface area contributed by atoms with Gasteiger partial charge in [-0.05, 0) is 72.5 Å². The zero-order valence-electron chi connectivity index (χ0n) is 24.8. The van der Waals surface area contributed by atoms with E-state index in [-0.39, 0.29) is 18.6 Å². The molecule has 4 aromatic rings. The number of unbranched alkanes of at least 4 members (excludes halogenated alkanes) is 5. The summed E-state index contributed by atoms with van der Waals surface area (Å²) in [6.45, 7) is 2.87. The van der Waals surface area contributed by atoms with Crippen LogP contribution in [-0.2, 0) is 0 Å². The van der Waals surface area contributed by atoms with Crippen molar-refractivity contribution in [2.45, 2.75) is 64.0 Å². The van der Waals surface area contributed by atoms with Crippen LogP contribution < -0.4 is 14.2 Å². The zero-order valence-corrected chi connectivity index (χ0v) is 24.8. The van der Waals surface area contributed by atoms with Gasteiger partial charge in [0.1, 0.15) is 17.2 Å². The summed E-state index contributed by atoms with van der Waals surface area (Å²) in [5.74, 6) is 0.767. The first kappa shape index (κ1) is 31.9. The molecule has 0 aliphatic rings. The van der Waals surface area contributed by atoms with Gasteiger partial charge in [-0.2, -0.15) is 13.2 Å². The van der Waals surface area contributed by atoms with Gasteiger partial charge in [0.15, 0.2) is 5.82 Å². The standard InChI is InChI=1S/C35H39F3N2O3/c1-3-4-5-6-7-8-22-42-31-17-9-26(10-18-31)29-24-39-34(40-25-29)28-13-19-32(20-14-28)43-23-21-33(35(36,37)38)27-11-15-30(41-2)16-12-27/h9-20,24-25,33H,3-8,21-23H2,1-2H3. The minimum atomic E-state index is -4.38. The van der Waals surface area contributed by atoms with E-state index in [1.807, 2.05) is 24.3 Å². The lowest BCUT2D eigenvalue weighted by Gasteiger charge is -2.21. The van der Waals surface area contributed by atoms with Gasteiger partial charge < -0.3 is 14.2 Å². The first-order valence-corrected chi connectivity index (χ1v) is 14.9. The summed E-state index contributed by atoms with van der Waals surface area (Å²) in [6, 6.07) is 20.9. The summed E-state index contributed by atoms with van der Waals surface area (Å²) >= 11 is 0. The van der Waals surface area contributed by atoms with E-state index in [4.69, 9.17) is 14.2 Å². The maximum Gasteiger partial charge on any atom is 0.395 e. The number of halogens is 3. The van der Waals surface area contributed by atoms with Crippen molar-refractivity contribution in [1.82, 2.24) is 9.97 Å². The predicted octanol–water partition coefficient (Wildman–Crippen LogP) is 9.67. The average molecular weight is 593 g/mol. The third-order valence-electron chi connectivity index (χ3n) is 7.31. The highest BCUT2D eigenvalue weighted by Crippen LogP contribution is 2.38. The molecule has 5 nitrogen and oxygen atoms in total. The van der Waals surface area contributed by atoms with Gasteiger partial charge in [-0.15, -0.1) is 0 Å². The van der Waals surface area contributed by atoms with E-state index in [9.17, 15) is 13.2 Å². The molecular weight excluding hydrogens is 553 g/mol. The zero-order chi connectivity index (χ0) is 30.5. The number of alkyl halides is 3. The smallest absolute Gasteiger partial charge is 0.395 e. The van der Waals surface area contributed by atoms with E-state index in [2.05, 4.69) is 16.9 Å². The second-order valence-corrected chi connectivity index (χ2v) is 10.5. The molecule has 0 amide bonds. The average Bonchev–Trinajstić information content (AvgIpc) is 3.03. The van der Waals surface area contributed by atoms with Crippen LogP contribution in [-0.4, -0.2) is 36.5 Å². The Hall–Kier alpha value is -4.07. The number of ether oxygens (including phenoxy) is 3. The van der Waals surface area contributed by atoms with Crippen LogP contribution in [0.25, 0.3) is 22.5 Å². The minimum absolute atomic E-state index is 0.0797. The number of nitrogens with zero attached hydrogens (tertiary/aromatic N) is 2. The topological polar surface area (TPSA) is 53.5 Å². The third-order valence-corrected chi connectivity index (χ3v) is 7.31.